The summed E-state index contributed by atoms with van der Waals surface area (Å²) in [5.74, 6) is 0.295. The molecule has 86 valence electrons. The summed E-state index contributed by atoms with van der Waals surface area (Å²) in [5.41, 5.74) is 3.42. The first-order chi connectivity index (χ1) is 8.29. The third kappa shape index (κ3) is 2.94. The summed E-state index contributed by atoms with van der Waals surface area (Å²) in [4.78, 5) is 4.02. The molecule has 0 saturated heterocycles. The maximum absolute atomic E-state index is 9.43. The number of hydrogen-bond acceptors (Lipinski definition) is 2. The van der Waals surface area contributed by atoms with Crippen LogP contribution in [0.1, 0.15) is 24.5 Å². The molecule has 0 fully saturated rings. The van der Waals surface area contributed by atoms with E-state index in [4.69, 9.17) is 0 Å². The minimum atomic E-state index is 0.295. The van der Waals surface area contributed by atoms with Gasteiger partial charge in [-0.2, -0.15) is 0 Å². The highest BCUT2D eigenvalue weighted by molar-refractivity contribution is 5.81. The lowest BCUT2D eigenvalue weighted by molar-refractivity contribution is 0.475. The fourth-order valence-electron chi connectivity index (χ4n) is 1.77. The molecule has 2 aromatic rings. The van der Waals surface area contributed by atoms with E-state index in [2.05, 4.69) is 18.0 Å². The summed E-state index contributed by atoms with van der Waals surface area (Å²) in [5, 5.41) is 9.43. The van der Waals surface area contributed by atoms with E-state index in [0.29, 0.717) is 5.75 Å². The van der Waals surface area contributed by atoms with Crippen molar-refractivity contribution in [2.75, 3.05) is 0 Å². The third-order valence-corrected chi connectivity index (χ3v) is 2.64. The Labute approximate surface area is 101 Å². The van der Waals surface area contributed by atoms with Crippen molar-refractivity contribution in [3.05, 3.63) is 59.9 Å². The summed E-state index contributed by atoms with van der Waals surface area (Å²) < 4.78 is 0. The number of aromatic hydroxyl groups is 1. The number of pyridine rings is 1. The van der Waals surface area contributed by atoms with Crippen LogP contribution in [0.25, 0.3) is 11.6 Å². The van der Waals surface area contributed by atoms with Crippen molar-refractivity contribution < 1.29 is 5.11 Å². The monoisotopic (exact) mass is 225 g/mol. The van der Waals surface area contributed by atoms with Crippen molar-refractivity contribution in [1.82, 2.24) is 4.98 Å². The van der Waals surface area contributed by atoms with E-state index in [0.717, 1.165) is 12.0 Å². The molecule has 2 nitrogen and oxygen atoms in total. The van der Waals surface area contributed by atoms with Gasteiger partial charge >= 0.3 is 0 Å². The van der Waals surface area contributed by atoms with Crippen molar-refractivity contribution in [2.45, 2.75) is 13.3 Å². The summed E-state index contributed by atoms with van der Waals surface area (Å²) in [6, 6.07) is 11.3. The molecule has 0 radical (unpaired) electrons. The van der Waals surface area contributed by atoms with Crippen LogP contribution in [0.5, 0.6) is 5.75 Å². The predicted octanol–water partition coefficient (Wildman–Crippen LogP) is 3.74. The fourth-order valence-corrected chi connectivity index (χ4v) is 1.77. The van der Waals surface area contributed by atoms with E-state index in [1.165, 1.54) is 11.1 Å². The SMILES string of the molecule is CC/C(=C/c1cccc(O)c1)c1ccncc1. The molecule has 0 aliphatic rings. The van der Waals surface area contributed by atoms with Crippen LogP contribution in [0.3, 0.4) is 0 Å². The number of rotatable bonds is 3. The molecule has 0 unspecified atom stereocenters. The van der Waals surface area contributed by atoms with Crippen LogP contribution >= 0.6 is 0 Å². The second kappa shape index (κ2) is 5.30. The maximum Gasteiger partial charge on any atom is 0.116 e. The van der Waals surface area contributed by atoms with Crippen LogP contribution in [-0.2, 0) is 0 Å². The Morgan fingerprint density at radius 3 is 2.65 bits per heavy atom. The molecule has 1 aromatic carbocycles. The summed E-state index contributed by atoms with van der Waals surface area (Å²) in [7, 11) is 0. The minimum absolute atomic E-state index is 0.295. The molecule has 0 bridgehead atoms. The molecule has 0 aliphatic carbocycles. The quantitative estimate of drug-likeness (QED) is 0.863. The zero-order chi connectivity index (χ0) is 12.1. The molecule has 0 spiro atoms. The van der Waals surface area contributed by atoms with E-state index >= 15 is 0 Å². The standard InChI is InChI=1S/C15H15NO/c1-2-13(14-6-8-16-9-7-14)10-12-4-3-5-15(17)11-12/h3-11,17H,2H2,1H3/b13-10-. The Morgan fingerprint density at radius 2 is 2.00 bits per heavy atom. The molecular weight excluding hydrogens is 210 g/mol. The molecule has 0 amide bonds. The number of phenolic OH excluding ortho intramolecular Hbond substituents is 1. The van der Waals surface area contributed by atoms with Crippen molar-refractivity contribution in [2.24, 2.45) is 0 Å². The molecule has 2 heteroatoms. The lowest BCUT2D eigenvalue weighted by Crippen LogP contribution is -1.83. The van der Waals surface area contributed by atoms with Gasteiger partial charge in [-0.15, -0.1) is 0 Å². The Hall–Kier alpha value is -2.09. The average Bonchev–Trinajstić information content (AvgIpc) is 2.37. The van der Waals surface area contributed by atoms with Crippen LogP contribution in [-0.4, -0.2) is 10.1 Å². The van der Waals surface area contributed by atoms with Gasteiger partial charge in [-0.05, 0) is 47.4 Å². The van der Waals surface area contributed by atoms with Crippen molar-refractivity contribution in [3.63, 3.8) is 0 Å². The Morgan fingerprint density at radius 1 is 1.24 bits per heavy atom. The average molecular weight is 225 g/mol. The minimum Gasteiger partial charge on any atom is -0.508 e. The van der Waals surface area contributed by atoms with Gasteiger partial charge < -0.3 is 5.11 Å². The van der Waals surface area contributed by atoms with Gasteiger partial charge in [-0.1, -0.05) is 25.1 Å². The first kappa shape index (κ1) is 11.4. The molecule has 0 aliphatic heterocycles. The number of phenols is 1. The number of allylic oxidation sites excluding steroid dienone is 1. The van der Waals surface area contributed by atoms with Crippen LogP contribution in [0.15, 0.2) is 48.8 Å². The van der Waals surface area contributed by atoms with E-state index in [1.54, 1.807) is 24.5 Å². The number of hydrogen-bond donors (Lipinski definition) is 1. The topological polar surface area (TPSA) is 33.1 Å². The molecule has 0 atom stereocenters. The van der Waals surface area contributed by atoms with Gasteiger partial charge in [0.25, 0.3) is 0 Å². The highest BCUT2D eigenvalue weighted by Crippen LogP contribution is 2.22. The van der Waals surface area contributed by atoms with Crippen LogP contribution in [0.2, 0.25) is 0 Å². The second-order valence-corrected chi connectivity index (χ2v) is 3.85. The zero-order valence-electron chi connectivity index (χ0n) is 9.80. The van der Waals surface area contributed by atoms with Crippen molar-refractivity contribution >= 4 is 11.6 Å². The van der Waals surface area contributed by atoms with Gasteiger partial charge in [-0.3, -0.25) is 4.98 Å². The molecule has 1 N–H and O–H groups in total. The number of nitrogens with zero attached hydrogens (tertiary/aromatic N) is 1. The van der Waals surface area contributed by atoms with E-state index in [-0.39, 0.29) is 0 Å². The van der Waals surface area contributed by atoms with Crippen LogP contribution < -0.4 is 0 Å². The van der Waals surface area contributed by atoms with Crippen molar-refractivity contribution in [3.8, 4) is 5.75 Å². The van der Waals surface area contributed by atoms with Gasteiger partial charge in [0.1, 0.15) is 5.75 Å². The third-order valence-electron chi connectivity index (χ3n) is 2.64. The van der Waals surface area contributed by atoms with E-state index in [9.17, 15) is 5.11 Å². The first-order valence-electron chi connectivity index (χ1n) is 5.69. The predicted molar refractivity (Wildman–Crippen MR) is 70.5 cm³/mol. The lowest BCUT2D eigenvalue weighted by atomic mass is 10.0. The van der Waals surface area contributed by atoms with Crippen molar-refractivity contribution in [1.29, 1.82) is 0 Å². The van der Waals surface area contributed by atoms with Gasteiger partial charge in [0.2, 0.25) is 0 Å². The highest BCUT2D eigenvalue weighted by atomic mass is 16.3. The van der Waals surface area contributed by atoms with Gasteiger partial charge in [-0.25, -0.2) is 0 Å². The first-order valence-corrected chi connectivity index (χ1v) is 5.69. The van der Waals surface area contributed by atoms with E-state index in [1.807, 2.05) is 24.3 Å². The van der Waals surface area contributed by atoms with Gasteiger partial charge in [0, 0.05) is 12.4 Å². The van der Waals surface area contributed by atoms with Crippen LogP contribution in [0, 0.1) is 0 Å². The molecule has 0 saturated carbocycles. The Balaban J connectivity index is 2.36. The van der Waals surface area contributed by atoms with Crippen LogP contribution in [0.4, 0.5) is 0 Å². The zero-order valence-corrected chi connectivity index (χ0v) is 9.80. The molecule has 17 heavy (non-hydrogen) atoms. The summed E-state index contributed by atoms with van der Waals surface area (Å²) in [6.07, 6.45) is 6.62. The lowest BCUT2D eigenvalue weighted by Gasteiger charge is -2.05. The maximum atomic E-state index is 9.43. The number of aromatic nitrogens is 1. The van der Waals surface area contributed by atoms with E-state index < -0.39 is 0 Å². The molecule has 1 aromatic heterocycles. The molecular formula is C15H15NO. The Bertz CT molecular complexity index is 517. The fraction of sp³-hybridized carbons (Fsp3) is 0.133. The summed E-state index contributed by atoms with van der Waals surface area (Å²) in [6.45, 7) is 2.12. The van der Waals surface area contributed by atoms with Gasteiger partial charge in [0.05, 0.1) is 0 Å². The smallest absolute Gasteiger partial charge is 0.116 e. The largest absolute Gasteiger partial charge is 0.508 e. The highest BCUT2D eigenvalue weighted by Gasteiger charge is 1.99. The van der Waals surface area contributed by atoms with Gasteiger partial charge in [0.15, 0.2) is 0 Å². The number of benzene rings is 1. The second-order valence-electron chi connectivity index (χ2n) is 3.85. The molecule has 2 rings (SSSR count). The summed E-state index contributed by atoms with van der Waals surface area (Å²) >= 11 is 0. The Kier molecular flexibility index (Phi) is 3.55. The normalized spacial score (nSPS) is 11.5. The molecule has 1 heterocycles.